The molecular formula is C22H16ClN3O2S2. The fraction of sp³-hybridized carbons (Fsp3) is 0.136. The number of hydrogen-bond donors (Lipinski definition) is 1. The maximum absolute atomic E-state index is 12.9. The molecule has 3 heterocycles. The lowest BCUT2D eigenvalue weighted by molar-refractivity contribution is 0.103. The largest absolute Gasteiger partial charge is 0.494 e. The summed E-state index contributed by atoms with van der Waals surface area (Å²) in [5.41, 5.74) is 2.78. The highest BCUT2D eigenvalue weighted by atomic mass is 35.5. The molecular weight excluding hydrogens is 438 g/mol. The van der Waals surface area contributed by atoms with E-state index in [1.807, 2.05) is 44.2 Å². The number of thiophene rings is 1. The summed E-state index contributed by atoms with van der Waals surface area (Å²) >= 11 is 9.22. The first-order valence-electron chi connectivity index (χ1n) is 9.36. The second-order valence-corrected chi connectivity index (χ2v) is 9.25. The van der Waals surface area contributed by atoms with E-state index in [0.717, 1.165) is 42.5 Å². The number of carbonyl (C=O) groups is 1. The van der Waals surface area contributed by atoms with Gasteiger partial charge < -0.3 is 4.74 Å². The second kappa shape index (κ2) is 7.50. The van der Waals surface area contributed by atoms with Gasteiger partial charge in [-0.3, -0.25) is 10.1 Å². The van der Waals surface area contributed by atoms with E-state index in [1.54, 1.807) is 6.07 Å². The molecule has 2 aromatic carbocycles. The number of carbonyl (C=O) groups excluding carboxylic acids is 1. The Morgan fingerprint density at radius 3 is 2.73 bits per heavy atom. The Morgan fingerprint density at radius 1 is 1.07 bits per heavy atom. The van der Waals surface area contributed by atoms with E-state index >= 15 is 0 Å². The highest BCUT2D eigenvalue weighted by Gasteiger charge is 2.17. The summed E-state index contributed by atoms with van der Waals surface area (Å²) in [6, 6.07) is 13.5. The van der Waals surface area contributed by atoms with Crippen LogP contribution >= 0.6 is 34.3 Å². The molecule has 150 valence electrons. The van der Waals surface area contributed by atoms with Crippen molar-refractivity contribution >= 4 is 76.5 Å². The van der Waals surface area contributed by atoms with Gasteiger partial charge in [-0.15, -0.1) is 11.3 Å². The topological polar surface area (TPSA) is 64.1 Å². The van der Waals surface area contributed by atoms with Gasteiger partial charge in [0.2, 0.25) is 0 Å². The summed E-state index contributed by atoms with van der Waals surface area (Å²) in [5.74, 6) is 0.581. The van der Waals surface area contributed by atoms with Crippen molar-refractivity contribution in [1.82, 2.24) is 9.97 Å². The van der Waals surface area contributed by atoms with Gasteiger partial charge in [0.15, 0.2) is 5.13 Å². The Morgan fingerprint density at radius 2 is 1.90 bits per heavy atom. The molecule has 5 aromatic rings. The zero-order valence-corrected chi connectivity index (χ0v) is 18.5. The van der Waals surface area contributed by atoms with Crippen molar-refractivity contribution in [3.05, 3.63) is 58.1 Å². The number of hydrogen-bond acceptors (Lipinski definition) is 6. The van der Waals surface area contributed by atoms with Crippen LogP contribution in [-0.4, -0.2) is 22.5 Å². The summed E-state index contributed by atoms with van der Waals surface area (Å²) < 4.78 is 7.46. The van der Waals surface area contributed by atoms with Crippen molar-refractivity contribution in [2.24, 2.45) is 0 Å². The molecule has 0 aliphatic heterocycles. The van der Waals surface area contributed by atoms with Gasteiger partial charge in [-0.2, -0.15) is 0 Å². The number of nitrogens with one attached hydrogen (secondary N) is 1. The Hall–Kier alpha value is -2.74. The third-order valence-corrected chi connectivity index (χ3v) is 7.07. The predicted molar refractivity (Wildman–Crippen MR) is 126 cm³/mol. The van der Waals surface area contributed by atoms with Crippen molar-refractivity contribution in [3.63, 3.8) is 0 Å². The molecule has 5 nitrogen and oxygen atoms in total. The van der Waals surface area contributed by atoms with Crippen LogP contribution in [0.5, 0.6) is 5.75 Å². The summed E-state index contributed by atoms with van der Waals surface area (Å²) in [7, 11) is 0. The normalized spacial score (nSPS) is 11.4. The molecule has 1 amide bonds. The molecule has 30 heavy (non-hydrogen) atoms. The van der Waals surface area contributed by atoms with Gasteiger partial charge in [-0.05, 0) is 50.2 Å². The molecule has 0 radical (unpaired) electrons. The van der Waals surface area contributed by atoms with Crippen LogP contribution in [0.1, 0.15) is 22.2 Å². The molecule has 0 saturated carbocycles. The Balaban J connectivity index is 1.50. The summed E-state index contributed by atoms with van der Waals surface area (Å²) in [6.07, 6.45) is 0. The number of aryl methyl sites for hydroxylation is 1. The molecule has 8 heteroatoms. The van der Waals surface area contributed by atoms with Crippen LogP contribution < -0.4 is 10.1 Å². The van der Waals surface area contributed by atoms with Crippen molar-refractivity contribution in [3.8, 4) is 5.75 Å². The van der Waals surface area contributed by atoms with E-state index in [9.17, 15) is 4.79 Å². The summed E-state index contributed by atoms with van der Waals surface area (Å²) in [5, 5.41) is 5.65. The van der Waals surface area contributed by atoms with E-state index in [-0.39, 0.29) is 5.91 Å². The maximum atomic E-state index is 12.9. The van der Waals surface area contributed by atoms with Gasteiger partial charge in [0.1, 0.15) is 10.9 Å². The molecule has 0 spiro atoms. The minimum absolute atomic E-state index is 0.211. The van der Waals surface area contributed by atoms with E-state index in [4.69, 9.17) is 16.3 Å². The average Bonchev–Trinajstić information content (AvgIpc) is 3.33. The smallest absolute Gasteiger partial charge is 0.267 e. The zero-order valence-electron chi connectivity index (χ0n) is 16.2. The zero-order chi connectivity index (χ0) is 20.8. The van der Waals surface area contributed by atoms with Crippen molar-refractivity contribution in [1.29, 1.82) is 0 Å². The minimum Gasteiger partial charge on any atom is -0.494 e. The maximum Gasteiger partial charge on any atom is 0.267 e. The monoisotopic (exact) mass is 453 g/mol. The molecule has 0 fully saturated rings. The first-order valence-corrected chi connectivity index (χ1v) is 11.4. The quantitative estimate of drug-likeness (QED) is 0.308. The number of fused-ring (bicyclic) bond motifs is 4. The van der Waals surface area contributed by atoms with Crippen LogP contribution in [0, 0.1) is 6.92 Å². The molecule has 0 bridgehead atoms. The van der Waals surface area contributed by atoms with Crippen LogP contribution in [0.15, 0.2) is 42.5 Å². The number of rotatable bonds is 4. The minimum atomic E-state index is -0.211. The highest BCUT2D eigenvalue weighted by Crippen LogP contribution is 2.37. The fourth-order valence-electron chi connectivity index (χ4n) is 3.33. The molecule has 0 saturated heterocycles. The number of pyridine rings is 1. The molecule has 0 aliphatic rings. The molecule has 3 aromatic heterocycles. The summed E-state index contributed by atoms with van der Waals surface area (Å²) in [4.78, 5) is 22.5. The summed E-state index contributed by atoms with van der Waals surface area (Å²) in [6.45, 7) is 4.58. The SMILES string of the molecule is CCOc1ccc2nc(NC(=O)c3cc4c(Cl)nc5ccc(C)cc5c4s3)sc2c1. The van der Waals surface area contributed by atoms with E-state index in [2.05, 4.69) is 21.4 Å². The first kappa shape index (κ1) is 19.2. The van der Waals surface area contributed by atoms with Crippen molar-refractivity contribution < 1.29 is 9.53 Å². The van der Waals surface area contributed by atoms with Gasteiger partial charge in [-0.1, -0.05) is 34.6 Å². The standard InChI is InChI=1S/C22H16ClN3O2S2/c1-3-28-12-5-7-16-17(9-12)30-22(25-16)26-21(27)18-10-14-19(29-18)13-8-11(2)4-6-15(13)24-20(14)23/h4-10H,3H2,1-2H3,(H,25,26,27). The third kappa shape index (κ3) is 3.39. The van der Waals surface area contributed by atoms with E-state index in [0.29, 0.717) is 21.8 Å². The fourth-order valence-corrected chi connectivity index (χ4v) is 5.59. The van der Waals surface area contributed by atoms with Crippen LogP contribution in [0.4, 0.5) is 5.13 Å². The van der Waals surface area contributed by atoms with Gasteiger partial charge in [0.05, 0.1) is 27.2 Å². The number of ether oxygens (including phenoxy) is 1. The molecule has 0 unspecified atom stereocenters. The van der Waals surface area contributed by atoms with Crippen LogP contribution in [0.3, 0.4) is 0 Å². The average molecular weight is 454 g/mol. The number of amides is 1. The Labute approximate surface area is 185 Å². The molecule has 0 aliphatic carbocycles. The van der Waals surface area contributed by atoms with Gasteiger partial charge in [-0.25, -0.2) is 9.97 Å². The number of aromatic nitrogens is 2. The lowest BCUT2D eigenvalue weighted by Gasteiger charge is -2.01. The number of thiazole rings is 1. The number of halogens is 1. The number of nitrogens with zero attached hydrogens (tertiary/aromatic N) is 2. The van der Waals surface area contributed by atoms with Gasteiger partial charge >= 0.3 is 0 Å². The van der Waals surface area contributed by atoms with Crippen LogP contribution in [0.2, 0.25) is 5.15 Å². The Kier molecular flexibility index (Phi) is 4.81. The number of anilines is 1. The van der Waals surface area contributed by atoms with Gasteiger partial charge in [0.25, 0.3) is 5.91 Å². The predicted octanol–water partition coefficient (Wildman–Crippen LogP) is 6.67. The van der Waals surface area contributed by atoms with Crippen molar-refractivity contribution in [2.75, 3.05) is 11.9 Å². The molecule has 0 atom stereocenters. The Bertz CT molecular complexity index is 1440. The highest BCUT2D eigenvalue weighted by molar-refractivity contribution is 7.23. The molecule has 1 N–H and O–H groups in total. The van der Waals surface area contributed by atoms with E-state index < -0.39 is 0 Å². The lowest BCUT2D eigenvalue weighted by Crippen LogP contribution is -2.09. The third-order valence-electron chi connectivity index (χ3n) is 4.68. The number of benzene rings is 2. The lowest BCUT2D eigenvalue weighted by atomic mass is 10.1. The van der Waals surface area contributed by atoms with E-state index in [1.165, 1.54) is 22.7 Å². The van der Waals surface area contributed by atoms with Crippen LogP contribution in [-0.2, 0) is 0 Å². The second-order valence-electron chi connectivity index (χ2n) is 6.81. The van der Waals surface area contributed by atoms with Crippen molar-refractivity contribution in [2.45, 2.75) is 13.8 Å². The van der Waals surface area contributed by atoms with Gasteiger partial charge in [0, 0.05) is 15.5 Å². The molecule has 5 rings (SSSR count). The van der Waals surface area contributed by atoms with Crippen LogP contribution in [0.25, 0.3) is 31.2 Å². The first-order chi connectivity index (χ1) is 14.5.